The van der Waals surface area contributed by atoms with Crippen LogP contribution in [0.3, 0.4) is 0 Å². The molecule has 1 aliphatic heterocycles. The first-order valence-corrected chi connectivity index (χ1v) is 9.92. The largest absolute Gasteiger partial charge is 0.436 e. The van der Waals surface area contributed by atoms with Crippen molar-refractivity contribution >= 4 is 22.7 Å². The summed E-state index contributed by atoms with van der Waals surface area (Å²) in [6.07, 6.45) is 0. The molecule has 0 N–H and O–H groups in total. The van der Waals surface area contributed by atoms with Crippen molar-refractivity contribution in [1.29, 1.82) is 0 Å². The lowest BCUT2D eigenvalue weighted by molar-refractivity contribution is 0.0996. The molecule has 4 nitrogen and oxygen atoms in total. The normalized spacial score (nSPS) is 13.5. The van der Waals surface area contributed by atoms with Crippen molar-refractivity contribution in [3.05, 3.63) is 82.9 Å². The standard InChI is InChI=1S/C25H22N2O2/c1-15(2)17-8-10-18(11-9-17)24-26-22-13-20(12-16(3)23(22)29-24)27-14-19-6-4-5-7-21(19)25(27)28/h4-13,15H,14H2,1-3H3. The van der Waals surface area contributed by atoms with Crippen LogP contribution in [0, 0.1) is 6.92 Å². The minimum Gasteiger partial charge on any atom is -0.436 e. The van der Waals surface area contributed by atoms with Gasteiger partial charge in [0.2, 0.25) is 5.89 Å². The molecule has 0 atom stereocenters. The summed E-state index contributed by atoms with van der Waals surface area (Å²) in [6, 6.07) is 20.1. The highest BCUT2D eigenvalue weighted by Gasteiger charge is 2.28. The van der Waals surface area contributed by atoms with E-state index in [2.05, 4.69) is 38.1 Å². The molecule has 0 saturated heterocycles. The van der Waals surface area contributed by atoms with Gasteiger partial charge in [-0.15, -0.1) is 0 Å². The fourth-order valence-corrected chi connectivity index (χ4v) is 3.93. The van der Waals surface area contributed by atoms with Crippen molar-refractivity contribution in [2.24, 2.45) is 0 Å². The van der Waals surface area contributed by atoms with Gasteiger partial charge in [-0.25, -0.2) is 4.98 Å². The summed E-state index contributed by atoms with van der Waals surface area (Å²) in [6.45, 7) is 6.94. The van der Waals surface area contributed by atoms with Crippen LogP contribution in [0.5, 0.6) is 0 Å². The summed E-state index contributed by atoms with van der Waals surface area (Å²) in [5.41, 5.74) is 7.43. The molecule has 1 amide bonds. The first-order valence-electron chi connectivity index (χ1n) is 9.92. The van der Waals surface area contributed by atoms with E-state index in [1.807, 2.05) is 48.2 Å². The van der Waals surface area contributed by atoms with Gasteiger partial charge in [-0.3, -0.25) is 4.79 Å². The van der Waals surface area contributed by atoms with Crippen molar-refractivity contribution in [1.82, 2.24) is 4.98 Å². The Labute approximate surface area is 169 Å². The minimum atomic E-state index is 0.0346. The van der Waals surface area contributed by atoms with Gasteiger partial charge in [-0.05, 0) is 59.9 Å². The van der Waals surface area contributed by atoms with Crippen LogP contribution in [0.15, 0.2) is 65.1 Å². The summed E-state index contributed by atoms with van der Waals surface area (Å²) < 4.78 is 6.08. The number of nitrogens with zero attached hydrogens (tertiary/aromatic N) is 2. The van der Waals surface area contributed by atoms with Gasteiger partial charge in [0.05, 0.1) is 6.54 Å². The molecule has 144 valence electrons. The van der Waals surface area contributed by atoms with Crippen LogP contribution in [0.2, 0.25) is 0 Å². The van der Waals surface area contributed by atoms with E-state index in [1.54, 1.807) is 0 Å². The lowest BCUT2D eigenvalue weighted by Gasteiger charge is -2.16. The fraction of sp³-hybridized carbons (Fsp3) is 0.200. The molecule has 0 aliphatic carbocycles. The molecule has 4 heteroatoms. The SMILES string of the molecule is Cc1cc(N2Cc3ccccc3C2=O)cc2nc(-c3ccc(C(C)C)cc3)oc12. The van der Waals surface area contributed by atoms with E-state index in [4.69, 9.17) is 9.40 Å². The van der Waals surface area contributed by atoms with Crippen molar-refractivity contribution in [3.63, 3.8) is 0 Å². The average molecular weight is 382 g/mol. The number of fused-ring (bicyclic) bond motifs is 2. The first kappa shape index (κ1) is 17.7. The highest BCUT2D eigenvalue weighted by Crippen LogP contribution is 2.34. The number of oxazole rings is 1. The van der Waals surface area contributed by atoms with Crippen LogP contribution in [-0.2, 0) is 6.54 Å². The highest BCUT2D eigenvalue weighted by molar-refractivity contribution is 6.10. The van der Waals surface area contributed by atoms with E-state index in [-0.39, 0.29) is 5.91 Å². The number of aromatic nitrogens is 1. The third kappa shape index (κ3) is 2.92. The Balaban J connectivity index is 1.53. The van der Waals surface area contributed by atoms with E-state index in [0.29, 0.717) is 18.4 Å². The van der Waals surface area contributed by atoms with Crippen LogP contribution >= 0.6 is 0 Å². The van der Waals surface area contributed by atoms with Gasteiger partial charge in [-0.2, -0.15) is 0 Å². The maximum absolute atomic E-state index is 12.8. The Morgan fingerprint density at radius 1 is 1.03 bits per heavy atom. The molecule has 4 aromatic rings. The average Bonchev–Trinajstić information content (AvgIpc) is 3.30. The number of carbonyl (C=O) groups is 1. The van der Waals surface area contributed by atoms with E-state index >= 15 is 0 Å². The number of benzene rings is 3. The third-order valence-corrected chi connectivity index (χ3v) is 5.62. The van der Waals surface area contributed by atoms with Crippen molar-refractivity contribution < 1.29 is 9.21 Å². The van der Waals surface area contributed by atoms with Crippen LogP contribution in [-0.4, -0.2) is 10.9 Å². The molecule has 0 spiro atoms. The Kier molecular flexibility index (Phi) is 4.02. The number of carbonyl (C=O) groups excluding carboxylic acids is 1. The molecule has 2 heterocycles. The summed E-state index contributed by atoms with van der Waals surface area (Å²) in [7, 11) is 0. The molecule has 3 aromatic carbocycles. The zero-order valence-electron chi connectivity index (χ0n) is 16.8. The summed E-state index contributed by atoms with van der Waals surface area (Å²) >= 11 is 0. The number of amides is 1. The quantitative estimate of drug-likeness (QED) is 0.431. The van der Waals surface area contributed by atoms with Gasteiger partial charge in [0, 0.05) is 16.8 Å². The van der Waals surface area contributed by atoms with Crippen molar-refractivity contribution in [2.75, 3.05) is 4.90 Å². The zero-order valence-corrected chi connectivity index (χ0v) is 16.8. The number of anilines is 1. The molecular formula is C25H22N2O2. The van der Waals surface area contributed by atoms with E-state index < -0.39 is 0 Å². The van der Waals surface area contributed by atoms with Gasteiger partial charge >= 0.3 is 0 Å². The number of hydrogen-bond acceptors (Lipinski definition) is 3. The van der Waals surface area contributed by atoms with E-state index in [9.17, 15) is 4.79 Å². The number of aryl methyl sites for hydroxylation is 1. The maximum Gasteiger partial charge on any atom is 0.258 e. The predicted molar refractivity (Wildman–Crippen MR) is 115 cm³/mol. The van der Waals surface area contributed by atoms with Gasteiger partial charge in [0.15, 0.2) is 5.58 Å². The molecule has 0 fully saturated rings. The second kappa shape index (κ2) is 6.59. The Bertz CT molecular complexity index is 1240. The van der Waals surface area contributed by atoms with Gasteiger partial charge in [-0.1, -0.05) is 44.2 Å². The summed E-state index contributed by atoms with van der Waals surface area (Å²) in [4.78, 5) is 19.4. The lowest BCUT2D eigenvalue weighted by Crippen LogP contribution is -2.23. The van der Waals surface area contributed by atoms with Crippen molar-refractivity contribution in [3.8, 4) is 11.5 Å². The van der Waals surface area contributed by atoms with E-state index in [1.165, 1.54) is 5.56 Å². The Morgan fingerprint density at radius 3 is 2.52 bits per heavy atom. The van der Waals surface area contributed by atoms with Crippen LogP contribution < -0.4 is 4.90 Å². The monoisotopic (exact) mass is 382 g/mol. The molecule has 0 saturated carbocycles. The maximum atomic E-state index is 12.8. The molecule has 1 aromatic heterocycles. The zero-order chi connectivity index (χ0) is 20.1. The van der Waals surface area contributed by atoms with Crippen LogP contribution in [0.1, 0.15) is 46.8 Å². The summed E-state index contributed by atoms with van der Waals surface area (Å²) in [5.74, 6) is 1.12. The molecule has 0 radical (unpaired) electrons. The topological polar surface area (TPSA) is 46.3 Å². The van der Waals surface area contributed by atoms with Gasteiger partial charge < -0.3 is 9.32 Å². The fourth-order valence-electron chi connectivity index (χ4n) is 3.93. The van der Waals surface area contributed by atoms with Crippen LogP contribution in [0.25, 0.3) is 22.6 Å². The molecule has 5 rings (SSSR count). The van der Waals surface area contributed by atoms with Gasteiger partial charge in [0.25, 0.3) is 5.91 Å². The third-order valence-electron chi connectivity index (χ3n) is 5.62. The molecule has 1 aliphatic rings. The molecule has 0 bridgehead atoms. The van der Waals surface area contributed by atoms with E-state index in [0.717, 1.165) is 39.0 Å². The van der Waals surface area contributed by atoms with Gasteiger partial charge in [0.1, 0.15) is 5.52 Å². The second-order valence-corrected chi connectivity index (χ2v) is 7.96. The Morgan fingerprint density at radius 2 is 1.79 bits per heavy atom. The highest BCUT2D eigenvalue weighted by atomic mass is 16.3. The second-order valence-electron chi connectivity index (χ2n) is 7.96. The molecular weight excluding hydrogens is 360 g/mol. The first-order chi connectivity index (χ1) is 14.0. The minimum absolute atomic E-state index is 0.0346. The number of rotatable bonds is 3. The molecule has 0 unspecified atom stereocenters. The Hall–Kier alpha value is -3.40. The van der Waals surface area contributed by atoms with Crippen molar-refractivity contribution in [2.45, 2.75) is 33.2 Å². The smallest absolute Gasteiger partial charge is 0.258 e. The number of hydrogen-bond donors (Lipinski definition) is 0. The summed E-state index contributed by atoms with van der Waals surface area (Å²) in [5, 5.41) is 0. The predicted octanol–water partition coefficient (Wildman–Crippen LogP) is 6.09. The molecule has 29 heavy (non-hydrogen) atoms. The lowest BCUT2D eigenvalue weighted by atomic mass is 10.0. The van der Waals surface area contributed by atoms with Crippen LogP contribution in [0.4, 0.5) is 5.69 Å².